The van der Waals surface area contributed by atoms with Gasteiger partial charge < -0.3 is 10.6 Å². The number of aromatic nitrogens is 2. The summed E-state index contributed by atoms with van der Waals surface area (Å²) in [6, 6.07) is 1.62. The van der Waals surface area contributed by atoms with Gasteiger partial charge in [0.1, 0.15) is 11.0 Å². The Balaban J connectivity index is 1.94. The Kier molecular flexibility index (Phi) is 5.33. The van der Waals surface area contributed by atoms with Crippen LogP contribution in [0.5, 0.6) is 0 Å². The number of halogens is 4. The van der Waals surface area contributed by atoms with Gasteiger partial charge in [0, 0.05) is 25.7 Å². The van der Waals surface area contributed by atoms with Crippen LogP contribution < -0.4 is 10.6 Å². The number of alkyl halides is 3. The lowest BCUT2D eigenvalue weighted by molar-refractivity contribution is -0.146. The van der Waals surface area contributed by atoms with Crippen molar-refractivity contribution in [1.29, 1.82) is 0 Å². The van der Waals surface area contributed by atoms with E-state index < -0.39 is 12.7 Å². The summed E-state index contributed by atoms with van der Waals surface area (Å²) >= 11 is 5.85. The second kappa shape index (κ2) is 6.87. The van der Waals surface area contributed by atoms with Crippen molar-refractivity contribution in [1.82, 2.24) is 14.9 Å². The van der Waals surface area contributed by atoms with E-state index in [4.69, 9.17) is 17.3 Å². The van der Waals surface area contributed by atoms with Gasteiger partial charge in [-0.05, 0) is 18.9 Å². The molecule has 1 aliphatic rings. The minimum atomic E-state index is -4.16. The Morgan fingerprint density at radius 2 is 2.18 bits per heavy atom. The van der Waals surface area contributed by atoms with Crippen LogP contribution in [0.15, 0.2) is 6.07 Å². The average molecular weight is 338 g/mol. The van der Waals surface area contributed by atoms with Crippen LogP contribution in [0.1, 0.15) is 13.3 Å². The van der Waals surface area contributed by atoms with Crippen LogP contribution in [0.4, 0.5) is 24.9 Å². The topological polar surface area (TPSA) is 58.3 Å². The Labute approximate surface area is 132 Å². The quantitative estimate of drug-likeness (QED) is 0.836. The maximum atomic E-state index is 12.5. The molecule has 2 N–H and O–H groups in total. The van der Waals surface area contributed by atoms with E-state index >= 15 is 0 Å². The maximum Gasteiger partial charge on any atom is 0.401 e. The number of rotatable bonds is 5. The van der Waals surface area contributed by atoms with Crippen LogP contribution in [-0.4, -0.2) is 53.8 Å². The van der Waals surface area contributed by atoms with Gasteiger partial charge >= 0.3 is 6.18 Å². The molecular formula is C13H19ClF3N5. The van der Waals surface area contributed by atoms with E-state index in [0.717, 1.165) is 13.0 Å². The van der Waals surface area contributed by atoms with Gasteiger partial charge in [-0.2, -0.15) is 18.2 Å². The second-order valence-electron chi connectivity index (χ2n) is 5.45. The van der Waals surface area contributed by atoms with Crippen molar-refractivity contribution in [2.75, 3.05) is 43.4 Å². The molecule has 22 heavy (non-hydrogen) atoms. The highest BCUT2D eigenvalue weighted by Crippen LogP contribution is 2.26. The van der Waals surface area contributed by atoms with E-state index in [1.807, 2.05) is 4.90 Å². The molecule has 1 aromatic heterocycles. The Bertz CT molecular complexity index is 491. The molecule has 0 radical (unpaired) electrons. The van der Waals surface area contributed by atoms with Crippen LogP contribution in [0.25, 0.3) is 0 Å². The summed E-state index contributed by atoms with van der Waals surface area (Å²) in [6.07, 6.45) is -3.35. The fraction of sp³-hybridized carbons (Fsp3) is 0.692. The summed E-state index contributed by atoms with van der Waals surface area (Å²) in [5, 5.41) is 0.262. The lowest BCUT2D eigenvalue weighted by Gasteiger charge is -2.25. The Hall–Kier alpha value is -1.28. The number of nitrogens with two attached hydrogens (primary N) is 1. The minimum absolute atomic E-state index is 0.0956. The largest absolute Gasteiger partial charge is 0.401 e. The molecule has 1 fully saturated rings. The van der Waals surface area contributed by atoms with Crippen molar-refractivity contribution < 1.29 is 13.2 Å². The number of anilines is 2. The van der Waals surface area contributed by atoms with Crippen LogP contribution in [0.3, 0.4) is 0 Å². The molecule has 5 nitrogen and oxygen atoms in total. The lowest BCUT2D eigenvalue weighted by atomic mass is 10.1. The molecule has 0 saturated carbocycles. The fourth-order valence-electron chi connectivity index (χ4n) is 2.70. The number of nitrogens with zero attached hydrogens (tertiary/aromatic N) is 4. The molecule has 2 heterocycles. The molecule has 0 bridgehead atoms. The van der Waals surface area contributed by atoms with Crippen molar-refractivity contribution in [2.45, 2.75) is 19.5 Å². The fourth-order valence-corrected chi connectivity index (χ4v) is 2.88. The molecule has 9 heteroatoms. The molecule has 124 valence electrons. The smallest absolute Gasteiger partial charge is 0.368 e. The van der Waals surface area contributed by atoms with Crippen LogP contribution >= 0.6 is 11.6 Å². The summed E-state index contributed by atoms with van der Waals surface area (Å²) < 4.78 is 37.5. The Morgan fingerprint density at radius 3 is 2.77 bits per heavy atom. The first-order chi connectivity index (χ1) is 10.3. The van der Waals surface area contributed by atoms with Crippen molar-refractivity contribution in [3.63, 3.8) is 0 Å². The molecule has 1 aromatic rings. The predicted molar refractivity (Wildman–Crippen MR) is 79.9 cm³/mol. The standard InChI is InChI=1S/C13H19ClF3N5/c1-2-21(8-13(15,16)17)6-9-3-4-22(7-9)11-5-10(14)19-12(18)20-11/h5,9H,2-4,6-8H2,1H3,(H2,18,19,20)/t9-/m0/s1. The number of hydrogen-bond acceptors (Lipinski definition) is 5. The van der Waals surface area contributed by atoms with E-state index in [0.29, 0.717) is 25.5 Å². The van der Waals surface area contributed by atoms with Crippen LogP contribution in [-0.2, 0) is 0 Å². The highest BCUT2D eigenvalue weighted by Gasteiger charge is 2.32. The average Bonchev–Trinajstić information content (AvgIpc) is 2.83. The van der Waals surface area contributed by atoms with Gasteiger partial charge in [0.25, 0.3) is 0 Å². The molecule has 2 rings (SSSR count). The third kappa shape index (κ3) is 4.88. The monoisotopic (exact) mass is 337 g/mol. The molecule has 1 saturated heterocycles. The highest BCUT2D eigenvalue weighted by atomic mass is 35.5. The van der Waals surface area contributed by atoms with Gasteiger partial charge in [0.2, 0.25) is 5.95 Å². The first-order valence-electron chi connectivity index (χ1n) is 7.11. The van der Waals surface area contributed by atoms with E-state index in [2.05, 4.69) is 9.97 Å². The zero-order chi connectivity index (χ0) is 16.3. The Morgan fingerprint density at radius 1 is 1.45 bits per heavy atom. The van der Waals surface area contributed by atoms with E-state index in [1.54, 1.807) is 13.0 Å². The van der Waals surface area contributed by atoms with Crippen molar-refractivity contribution >= 4 is 23.4 Å². The van der Waals surface area contributed by atoms with Gasteiger partial charge in [-0.15, -0.1) is 0 Å². The first-order valence-corrected chi connectivity index (χ1v) is 7.48. The predicted octanol–water partition coefficient (Wildman–Crippen LogP) is 2.42. The SMILES string of the molecule is CCN(C[C@@H]1CCN(c2cc(Cl)nc(N)n2)C1)CC(F)(F)F. The summed E-state index contributed by atoms with van der Waals surface area (Å²) in [4.78, 5) is 11.3. The number of hydrogen-bond donors (Lipinski definition) is 1. The molecule has 0 aromatic carbocycles. The summed E-state index contributed by atoms with van der Waals surface area (Å²) in [7, 11) is 0. The van der Waals surface area contributed by atoms with Gasteiger partial charge in [-0.25, -0.2) is 4.98 Å². The van der Waals surface area contributed by atoms with Crippen LogP contribution in [0, 0.1) is 5.92 Å². The van der Waals surface area contributed by atoms with Gasteiger partial charge in [-0.3, -0.25) is 4.90 Å². The zero-order valence-electron chi connectivity index (χ0n) is 12.3. The van der Waals surface area contributed by atoms with Crippen molar-refractivity contribution in [3.8, 4) is 0 Å². The maximum absolute atomic E-state index is 12.5. The van der Waals surface area contributed by atoms with E-state index in [1.165, 1.54) is 4.90 Å². The third-order valence-electron chi connectivity index (χ3n) is 3.68. The molecule has 0 amide bonds. The van der Waals surface area contributed by atoms with Crippen molar-refractivity contribution in [2.24, 2.45) is 5.92 Å². The molecule has 0 unspecified atom stereocenters. The minimum Gasteiger partial charge on any atom is -0.368 e. The molecule has 0 aliphatic carbocycles. The van der Waals surface area contributed by atoms with Gasteiger partial charge in [0.15, 0.2) is 0 Å². The van der Waals surface area contributed by atoms with Crippen molar-refractivity contribution in [3.05, 3.63) is 11.2 Å². The highest BCUT2D eigenvalue weighted by molar-refractivity contribution is 6.29. The molecule has 0 spiro atoms. The summed E-state index contributed by atoms with van der Waals surface area (Å²) in [5.74, 6) is 0.884. The summed E-state index contributed by atoms with van der Waals surface area (Å²) in [5.41, 5.74) is 5.57. The number of nitrogen functional groups attached to an aromatic ring is 1. The van der Waals surface area contributed by atoms with Crippen LogP contribution in [0.2, 0.25) is 5.15 Å². The van der Waals surface area contributed by atoms with E-state index in [9.17, 15) is 13.2 Å². The lowest BCUT2D eigenvalue weighted by Crippen LogP contribution is -2.38. The molecule has 1 aliphatic heterocycles. The first kappa shape index (κ1) is 17.1. The zero-order valence-corrected chi connectivity index (χ0v) is 13.0. The molecule has 1 atom stereocenters. The van der Waals surface area contributed by atoms with Gasteiger partial charge in [0.05, 0.1) is 6.54 Å². The molecular weight excluding hydrogens is 319 g/mol. The second-order valence-corrected chi connectivity index (χ2v) is 5.84. The third-order valence-corrected chi connectivity index (χ3v) is 3.87. The normalized spacial score (nSPS) is 19.2. The summed E-state index contributed by atoms with van der Waals surface area (Å²) in [6.45, 7) is 3.03. The van der Waals surface area contributed by atoms with E-state index in [-0.39, 0.29) is 17.0 Å². The van der Waals surface area contributed by atoms with Gasteiger partial charge in [-0.1, -0.05) is 18.5 Å².